The number of carbonyl (C=O) groups excluding carboxylic acids is 1. The van der Waals surface area contributed by atoms with E-state index in [4.69, 9.17) is 9.47 Å². The molecular formula is C23H27NO5. The van der Waals surface area contributed by atoms with Crippen LogP contribution in [0.3, 0.4) is 0 Å². The van der Waals surface area contributed by atoms with Gasteiger partial charge in [-0.2, -0.15) is 0 Å². The summed E-state index contributed by atoms with van der Waals surface area (Å²) in [4.78, 5) is 25.6. The van der Waals surface area contributed by atoms with Gasteiger partial charge in [-0.25, -0.2) is 4.79 Å². The molecule has 1 heterocycles. The van der Waals surface area contributed by atoms with Crippen molar-refractivity contribution in [1.29, 1.82) is 0 Å². The average molecular weight is 397 g/mol. The van der Waals surface area contributed by atoms with Crippen LogP contribution in [0.15, 0.2) is 41.2 Å². The largest absolute Gasteiger partial charge is 0.505 e. The first-order valence-corrected chi connectivity index (χ1v) is 9.91. The lowest BCUT2D eigenvalue weighted by atomic mass is 9.94. The molecule has 1 aromatic heterocycles. The summed E-state index contributed by atoms with van der Waals surface area (Å²) in [7, 11) is 0. The van der Waals surface area contributed by atoms with Crippen LogP contribution in [0, 0.1) is 5.92 Å². The van der Waals surface area contributed by atoms with Crippen LogP contribution in [-0.4, -0.2) is 28.4 Å². The molecule has 1 aliphatic rings. The fourth-order valence-electron chi connectivity index (χ4n) is 3.46. The van der Waals surface area contributed by atoms with Crippen LogP contribution in [0.25, 0.3) is 6.08 Å². The first-order chi connectivity index (χ1) is 13.9. The second-order valence-electron chi connectivity index (χ2n) is 7.52. The molecule has 1 atom stereocenters. The van der Waals surface area contributed by atoms with Gasteiger partial charge in [-0.3, -0.25) is 9.36 Å². The number of nitrogens with zero attached hydrogens (tertiary/aromatic N) is 1. The lowest BCUT2D eigenvalue weighted by molar-refractivity contribution is 0.0504. The Morgan fingerprint density at radius 3 is 2.66 bits per heavy atom. The van der Waals surface area contributed by atoms with E-state index in [1.54, 1.807) is 13.0 Å². The normalized spacial score (nSPS) is 15.4. The van der Waals surface area contributed by atoms with E-state index in [0.29, 0.717) is 30.7 Å². The lowest BCUT2D eigenvalue weighted by Gasteiger charge is -2.24. The van der Waals surface area contributed by atoms with Crippen molar-refractivity contribution in [3.8, 4) is 5.75 Å². The Hall–Kier alpha value is -2.86. The molecule has 0 spiro atoms. The first kappa shape index (κ1) is 20.9. The van der Waals surface area contributed by atoms with E-state index < -0.39 is 5.97 Å². The van der Waals surface area contributed by atoms with Crippen molar-refractivity contribution in [3.63, 3.8) is 0 Å². The number of rotatable bonds is 7. The Bertz CT molecular complexity index is 959. The highest BCUT2D eigenvalue weighted by atomic mass is 16.5. The van der Waals surface area contributed by atoms with Gasteiger partial charge in [0.25, 0.3) is 5.56 Å². The minimum atomic E-state index is -0.693. The summed E-state index contributed by atoms with van der Waals surface area (Å²) in [5, 5.41) is 10.9. The molecule has 0 radical (unpaired) electrons. The molecule has 0 saturated heterocycles. The maximum absolute atomic E-state index is 13.1. The predicted molar refractivity (Wildman–Crippen MR) is 111 cm³/mol. The Labute approximate surface area is 170 Å². The molecule has 0 fully saturated rings. The van der Waals surface area contributed by atoms with Gasteiger partial charge in [-0.1, -0.05) is 56.3 Å². The van der Waals surface area contributed by atoms with Crippen LogP contribution in [0.1, 0.15) is 48.0 Å². The fourth-order valence-corrected chi connectivity index (χ4v) is 3.46. The zero-order chi connectivity index (χ0) is 21.0. The van der Waals surface area contributed by atoms with Crippen LogP contribution in [0.2, 0.25) is 0 Å². The highest BCUT2D eigenvalue weighted by Crippen LogP contribution is 2.31. The van der Waals surface area contributed by atoms with E-state index in [1.807, 2.05) is 50.3 Å². The first-order valence-electron chi connectivity index (χ1n) is 9.91. The van der Waals surface area contributed by atoms with Crippen molar-refractivity contribution < 1.29 is 19.4 Å². The molecule has 0 bridgehead atoms. The molecule has 1 aliphatic carbocycles. The summed E-state index contributed by atoms with van der Waals surface area (Å²) in [6.07, 6.45) is 3.52. The van der Waals surface area contributed by atoms with Gasteiger partial charge >= 0.3 is 5.97 Å². The van der Waals surface area contributed by atoms with Gasteiger partial charge in [0.15, 0.2) is 11.4 Å². The maximum atomic E-state index is 13.1. The Kier molecular flexibility index (Phi) is 6.54. The quantitative estimate of drug-likeness (QED) is 0.723. The van der Waals surface area contributed by atoms with Crippen LogP contribution < -0.4 is 5.56 Å². The van der Waals surface area contributed by atoms with Crippen molar-refractivity contribution in [2.75, 3.05) is 6.61 Å². The molecule has 6 nitrogen and oxygen atoms in total. The van der Waals surface area contributed by atoms with E-state index in [0.717, 1.165) is 5.56 Å². The van der Waals surface area contributed by atoms with Crippen molar-refractivity contribution in [2.24, 2.45) is 5.92 Å². The van der Waals surface area contributed by atoms with Crippen molar-refractivity contribution in [3.05, 3.63) is 69.1 Å². The lowest BCUT2D eigenvalue weighted by Crippen LogP contribution is -2.33. The third-order valence-corrected chi connectivity index (χ3v) is 4.79. The number of esters is 1. The van der Waals surface area contributed by atoms with E-state index in [-0.39, 0.29) is 35.6 Å². The van der Waals surface area contributed by atoms with Crippen molar-refractivity contribution >= 4 is 12.0 Å². The SMILES string of the molecule is CCOC(=O)c1c(O)c2c(c(=O)n1CC(C)C)C=CC(OCc1ccccc1)C2. The summed E-state index contributed by atoms with van der Waals surface area (Å²) >= 11 is 0. The number of ether oxygens (including phenoxy) is 2. The fraction of sp³-hybridized carbons (Fsp3) is 0.391. The molecule has 1 unspecified atom stereocenters. The number of pyridine rings is 1. The highest BCUT2D eigenvalue weighted by molar-refractivity contribution is 5.91. The van der Waals surface area contributed by atoms with E-state index in [1.165, 1.54) is 4.57 Å². The molecule has 0 aliphatic heterocycles. The van der Waals surface area contributed by atoms with Gasteiger partial charge in [0.05, 0.1) is 19.3 Å². The van der Waals surface area contributed by atoms with E-state index in [2.05, 4.69) is 0 Å². The summed E-state index contributed by atoms with van der Waals surface area (Å²) in [6.45, 7) is 6.47. The molecule has 2 aromatic rings. The van der Waals surface area contributed by atoms with Crippen LogP contribution in [-0.2, 0) is 29.0 Å². The summed E-state index contributed by atoms with van der Waals surface area (Å²) < 4.78 is 12.4. The maximum Gasteiger partial charge on any atom is 0.358 e. The third-order valence-electron chi connectivity index (χ3n) is 4.79. The van der Waals surface area contributed by atoms with Gasteiger partial charge in [0, 0.05) is 24.1 Å². The van der Waals surface area contributed by atoms with Crippen molar-refractivity contribution in [2.45, 2.75) is 46.4 Å². The van der Waals surface area contributed by atoms with Crippen LogP contribution >= 0.6 is 0 Å². The molecule has 0 amide bonds. The average Bonchev–Trinajstić information content (AvgIpc) is 2.71. The molecular weight excluding hydrogens is 370 g/mol. The third kappa shape index (κ3) is 4.59. The highest BCUT2D eigenvalue weighted by Gasteiger charge is 2.29. The number of carbonyl (C=O) groups is 1. The van der Waals surface area contributed by atoms with Gasteiger partial charge in [-0.05, 0) is 18.4 Å². The molecule has 154 valence electrons. The topological polar surface area (TPSA) is 77.8 Å². The number of benzene rings is 1. The van der Waals surface area contributed by atoms with Crippen molar-refractivity contribution in [1.82, 2.24) is 4.57 Å². The second kappa shape index (κ2) is 9.09. The summed E-state index contributed by atoms with van der Waals surface area (Å²) in [6, 6.07) is 9.78. The molecule has 29 heavy (non-hydrogen) atoms. The Morgan fingerprint density at radius 2 is 2.00 bits per heavy atom. The Morgan fingerprint density at radius 1 is 1.28 bits per heavy atom. The molecule has 0 saturated carbocycles. The van der Waals surface area contributed by atoms with Crippen LogP contribution in [0.4, 0.5) is 0 Å². The van der Waals surface area contributed by atoms with Gasteiger partial charge in [0.1, 0.15) is 0 Å². The second-order valence-corrected chi connectivity index (χ2v) is 7.52. The number of hydrogen-bond acceptors (Lipinski definition) is 5. The molecule has 1 N–H and O–H groups in total. The van der Waals surface area contributed by atoms with Gasteiger partial charge in [0.2, 0.25) is 0 Å². The smallest absolute Gasteiger partial charge is 0.358 e. The summed E-state index contributed by atoms with van der Waals surface area (Å²) in [5.74, 6) is -0.772. The predicted octanol–water partition coefficient (Wildman–Crippen LogP) is 3.54. The van der Waals surface area contributed by atoms with E-state index >= 15 is 0 Å². The van der Waals surface area contributed by atoms with Gasteiger partial charge in [-0.15, -0.1) is 0 Å². The molecule has 6 heteroatoms. The number of hydrogen-bond donors (Lipinski definition) is 1. The minimum absolute atomic E-state index is 0.0820. The monoisotopic (exact) mass is 397 g/mol. The zero-order valence-electron chi connectivity index (χ0n) is 17.1. The number of aromatic hydroxyl groups is 1. The Balaban J connectivity index is 1.95. The molecule has 3 rings (SSSR count). The zero-order valence-corrected chi connectivity index (χ0v) is 17.1. The van der Waals surface area contributed by atoms with E-state index in [9.17, 15) is 14.7 Å². The van der Waals surface area contributed by atoms with Crippen LogP contribution in [0.5, 0.6) is 5.75 Å². The summed E-state index contributed by atoms with van der Waals surface area (Å²) in [5.41, 5.74) is 1.48. The minimum Gasteiger partial charge on any atom is -0.505 e. The molecule has 1 aromatic carbocycles. The van der Waals surface area contributed by atoms with Gasteiger partial charge < -0.3 is 14.6 Å². The number of aromatic nitrogens is 1. The standard InChI is InChI=1S/C23H27NO5/c1-4-28-23(27)20-21(25)19-12-17(29-14-16-8-6-5-7-9-16)10-11-18(19)22(26)24(20)13-15(2)3/h5-11,15,17,25H,4,12-14H2,1-3H3. The number of fused-ring (bicyclic) bond motifs is 1.